The smallest absolute Gasteiger partial charge is 0.261 e. The molecule has 0 saturated heterocycles. The Morgan fingerprint density at radius 2 is 1.94 bits per heavy atom. The summed E-state index contributed by atoms with van der Waals surface area (Å²) in [5.74, 6) is 1.82. The molecule has 1 amide bonds. The molecule has 1 aliphatic rings. The summed E-state index contributed by atoms with van der Waals surface area (Å²) in [4.78, 5) is 14.8. The van der Waals surface area contributed by atoms with Gasteiger partial charge >= 0.3 is 0 Å². The molecule has 0 bridgehead atoms. The molecule has 1 heterocycles. The van der Waals surface area contributed by atoms with Crippen LogP contribution in [0.3, 0.4) is 0 Å². The first-order valence-electron chi connectivity index (χ1n) is 10.5. The molecule has 0 unspecified atom stereocenters. The summed E-state index contributed by atoms with van der Waals surface area (Å²) in [5, 5.41) is 8.89. The van der Waals surface area contributed by atoms with Crippen LogP contribution < -0.4 is 4.74 Å². The molecule has 0 N–H and O–H groups in total. The zero-order chi connectivity index (χ0) is 22.0. The number of benzene rings is 2. The van der Waals surface area contributed by atoms with Gasteiger partial charge in [-0.3, -0.25) is 4.79 Å². The Balaban J connectivity index is 1.43. The molecule has 0 spiro atoms. The Morgan fingerprint density at radius 1 is 1.19 bits per heavy atom. The number of carbonyl (C=O) groups is 1. The molecule has 1 saturated carbocycles. The van der Waals surface area contributed by atoms with Crippen LogP contribution in [0.5, 0.6) is 5.75 Å². The van der Waals surface area contributed by atoms with Crippen LogP contribution in [-0.2, 0) is 11.3 Å². The monoisotopic (exact) mass is 439 g/mol. The third kappa shape index (κ3) is 5.25. The van der Waals surface area contributed by atoms with Gasteiger partial charge in [0.05, 0.1) is 6.54 Å². The van der Waals surface area contributed by atoms with Crippen molar-refractivity contribution in [3.05, 3.63) is 64.5 Å². The number of amides is 1. The molecule has 31 heavy (non-hydrogen) atoms. The van der Waals surface area contributed by atoms with Crippen LogP contribution in [0.4, 0.5) is 0 Å². The van der Waals surface area contributed by atoms with Crippen LogP contribution in [0.1, 0.15) is 49.6 Å². The standard InChI is InChI=1S/C24H26ClN3O3/c1-15(2)20-11-4-16(3)12-21(20)30-14-23(29)28(19-9-10-19)13-22-26-27-24(31-22)17-5-7-18(25)8-6-17/h4-8,11-12,15,19H,9-10,13-14H2,1-3H3. The maximum absolute atomic E-state index is 13.0. The quantitative estimate of drug-likeness (QED) is 0.470. The van der Waals surface area contributed by atoms with Crippen molar-refractivity contribution in [3.8, 4) is 17.2 Å². The molecule has 0 aliphatic heterocycles. The average Bonchev–Trinajstić information content (AvgIpc) is 3.48. The van der Waals surface area contributed by atoms with Gasteiger partial charge in [-0.2, -0.15) is 0 Å². The summed E-state index contributed by atoms with van der Waals surface area (Å²) in [6.45, 7) is 6.51. The Bertz CT molecular complexity index is 1060. The van der Waals surface area contributed by atoms with Crippen molar-refractivity contribution >= 4 is 17.5 Å². The number of carbonyl (C=O) groups excluding carboxylic acids is 1. The summed E-state index contributed by atoms with van der Waals surface area (Å²) in [6.07, 6.45) is 1.96. The number of ether oxygens (including phenoxy) is 1. The maximum Gasteiger partial charge on any atom is 0.261 e. The molecule has 0 radical (unpaired) electrons. The number of aryl methyl sites for hydroxylation is 1. The highest BCUT2D eigenvalue weighted by molar-refractivity contribution is 6.30. The van der Waals surface area contributed by atoms with E-state index in [1.54, 1.807) is 17.0 Å². The highest BCUT2D eigenvalue weighted by Crippen LogP contribution is 2.30. The van der Waals surface area contributed by atoms with Crippen molar-refractivity contribution in [1.29, 1.82) is 0 Å². The van der Waals surface area contributed by atoms with Crippen molar-refractivity contribution in [2.75, 3.05) is 6.61 Å². The lowest BCUT2D eigenvalue weighted by molar-refractivity contribution is -0.135. The maximum atomic E-state index is 13.0. The van der Waals surface area contributed by atoms with Crippen LogP contribution in [-0.4, -0.2) is 33.7 Å². The summed E-state index contributed by atoms with van der Waals surface area (Å²) in [6, 6.07) is 13.5. The minimum absolute atomic E-state index is 0.0160. The number of halogens is 1. The highest BCUT2D eigenvalue weighted by atomic mass is 35.5. The van der Waals surface area contributed by atoms with Gasteiger partial charge in [0.25, 0.3) is 5.91 Å². The summed E-state index contributed by atoms with van der Waals surface area (Å²) < 4.78 is 11.8. The van der Waals surface area contributed by atoms with E-state index in [2.05, 4.69) is 36.2 Å². The lowest BCUT2D eigenvalue weighted by atomic mass is 10.0. The number of hydrogen-bond donors (Lipinski definition) is 0. The number of hydrogen-bond acceptors (Lipinski definition) is 5. The number of nitrogens with zero attached hydrogens (tertiary/aromatic N) is 3. The molecule has 162 valence electrons. The summed E-state index contributed by atoms with van der Waals surface area (Å²) in [7, 11) is 0. The molecule has 0 atom stereocenters. The van der Waals surface area contributed by atoms with Crippen LogP contribution in [0.25, 0.3) is 11.5 Å². The van der Waals surface area contributed by atoms with Crippen molar-refractivity contribution in [2.45, 2.75) is 52.1 Å². The van der Waals surface area contributed by atoms with Gasteiger partial charge in [-0.1, -0.05) is 37.6 Å². The first-order valence-corrected chi connectivity index (χ1v) is 10.9. The number of rotatable bonds is 8. The first kappa shape index (κ1) is 21.4. The van der Waals surface area contributed by atoms with E-state index in [0.717, 1.165) is 35.3 Å². The molecular formula is C24H26ClN3O3. The summed E-state index contributed by atoms with van der Waals surface area (Å²) >= 11 is 5.94. The van der Waals surface area contributed by atoms with Crippen molar-refractivity contribution in [3.63, 3.8) is 0 Å². The van der Waals surface area contributed by atoms with Gasteiger partial charge in [0, 0.05) is 16.6 Å². The van der Waals surface area contributed by atoms with E-state index in [9.17, 15) is 4.79 Å². The van der Waals surface area contributed by atoms with Gasteiger partial charge in [0.1, 0.15) is 5.75 Å². The zero-order valence-electron chi connectivity index (χ0n) is 18.0. The minimum atomic E-state index is -0.0787. The minimum Gasteiger partial charge on any atom is -0.483 e. The second-order valence-corrected chi connectivity index (χ2v) is 8.68. The third-order valence-electron chi connectivity index (χ3n) is 5.31. The van der Waals surface area contributed by atoms with Crippen molar-refractivity contribution < 1.29 is 13.9 Å². The largest absolute Gasteiger partial charge is 0.483 e. The van der Waals surface area contributed by atoms with E-state index < -0.39 is 0 Å². The van der Waals surface area contributed by atoms with Gasteiger partial charge in [-0.25, -0.2) is 0 Å². The fraction of sp³-hybridized carbons (Fsp3) is 0.375. The third-order valence-corrected chi connectivity index (χ3v) is 5.57. The van der Waals surface area contributed by atoms with E-state index in [1.807, 2.05) is 25.1 Å². The average molecular weight is 440 g/mol. The lowest BCUT2D eigenvalue weighted by Crippen LogP contribution is -2.36. The molecule has 1 aliphatic carbocycles. The predicted octanol–water partition coefficient (Wildman–Crippen LogP) is 5.39. The number of aromatic nitrogens is 2. The molecule has 2 aromatic carbocycles. The fourth-order valence-corrected chi connectivity index (χ4v) is 3.57. The second-order valence-electron chi connectivity index (χ2n) is 8.25. The van der Waals surface area contributed by atoms with Gasteiger partial charge in [0.2, 0.25) is 11.8 Å². The predicted molar refractivity (Wildman–Crippen MR) is 119 cm³/mol. The van der Waals surface area contributed by atoms with Crippen molar-refractivity contribution in [1.82, 2.24) is 15.1 Å². The van der Waals surface area contributed by atoms with E-state index in [0.29, 0.717) is 22.7 Å². The van der Waals surface area contributed by atoms with Crippen LogP contribution in [0.15, 0.2) is 46.9 Å². The highest BCUT2D eigenvalue weighted by Gasteiger charge is 2.34. The summed E-state index contributed by atoms with van der Waals surface area (Å²) in [5.41, 5.74) is 2.99. The van der Waals surface area contributed by atoms with Crippen LogP contribution in [0.2, 0.25) is 5.02 Å². The van der Waals surface area contributed by atoms with E-state index in [1.165, 1.54) is 0 Å². The molecule has 6 nitrogen and oxygen atoms in total. The SMILES string of the molecule is Cc1ccc(C(C)C)c(OCC(=O)N(Cc2nnc(-c3ccc(Cl)cc3)o2)C2CC2)c1. The fourth-order valence-electron chi connectivity index (χ4n) is 3.45. The van der Waals surface area contributed by atoms with Crippen LogP contribution >= 0.6 is 11.6 Å². The molecule has 1 fully saturated rings. The van der Waals surface area contributed by atoms with Gasteiger partial charge in [-0.05, 0) is 67.1 Å². The molecule has 1 aromatic heterocycles. The molecule has 7 heteroatoms. The molecule has 4 rings (SSSR count). The Kier molecular flexibility index (Phi) is 6.28. The van der Waals surface area contributed by atoms with E-state index in [4.69, 9.17) is 20.8 Å². The second kappa shape index (κ2) is 9.10. The van der Waals surface area contributed by atoms with Crippen molar-refractivity contribution in [2.24, 2.45) is 0 Å². The molecular weight excluding hydrogens is 414 g/mol. The Morgan fingerprint density at radius 3 is 2.61 bits per heavy atom. The van der Waals surface area contributed by atoms with Gasteiger partial charge < -0.3 is 14.1 Å². The van der Waals surface area contributed by atoms with Crippen LogP contribution in [0, 0.1) is 6.92 Å². The normalized spacial score (nSPS) is 13.5. The van der Waals surface area contributed by atoms with Gasteiger partial charge in [0.15, 0.2) is 6.61 Å². The Hall–Kier alpha value is -2.86. The zero-order valence-corrected chi connectivity index (χ0v) is 18.7. The van der Waals surface area contributed by atoms with Gasteiger partial charge in [-0.15, -0.1) is 10.2 Å². The topological polar surface area (TPSA) is 68.5 Å². The first-order chi connectivity index (χ1) is 14.9. The lowest BCUT2D eigenvalue weighted by Gasteiger charge is -2.21. The van der Waals surface area contributed by atoms with E-state index in [-0.39, 0.29) is 25.1 Å². The Labute approximate surface area is 187 Å². The molecule has 3 aromatic rings. The van der Waals surface area contributed by atoms with E-state index >= 15 is 0 Å².